The number of anilines is 2. The second kappa shape index (κ2) is 9.48. The highest BCUT2D eigenvalue weighted by molar-refractivity contribution is 5.95. The number of aryl methyl sites for hydroxylation is 2. The van der Waals surface area contributed by atoms with Gasteiger partial charge in [0.25, 0.3) is 0 Å². The minimum absolute atomic E-state index is 0.0861. The van der Waals surface area contributed by atoms with Crippen molar-refractivity contribution >= 4 is 23.3 Å². The number of amides is 3. The summed E-state index contributed by atoms with van der Waals surface area (Å²) in [7, 11) is 2.92. The topological polar surface area (TPSA) is 114 Å². The largest absolute Gasteiger partial charge is 0.495 e. The van der Waals surface area contributed by atoms with Gasteiger partial charge in [0.05, 0.1) is 19.3 Å². The van der Waals surface area contributed by atoms with Gasteiger partial charge in [-0.2, -0.15) is 0 Å². The second-order valence-corrected chi connectivity index (χ2v) is 5.77. The maximum absolute atomic E-state index is 12.1. The summed E-state index contributed by atoms with van der Waals surface area (Å²) < 4.78 is 10.0. The predicted octanol–water partition coefficient (Wildman–Crippen LogP) is 2.01. The van der Waals surface area contributed by atoms with Gasteiger partial charge in [0, 0.05) is 24.2 Å². The van der Waals surface area contributed by atoms with E-state index >= 15 is 0 Å². The Hall–Kier alpha value is -3.20. The zero-order chi connectivity index (χ0) is 19.8. The molecule has 0 aliphatic carbocycles. The highest BCUT2D eigenvalue weighted by atomic mass is 16.5. The molecular weight excluding hydrogens is 350 g/mol. The Morgan fingerprint density at radius 1 is 1.04 bits per heavy atom. The number of nitrogens with one attached hydrogen (secondary N) is 3. The quantitative estimate of drug-likeness (QED) is 0.684. The summed E-state index contributed by atoms with van der Waals surface area (Å²) in [4.78, 5) is 32.4. The lowest BCUT2D eigenvalue weighted by atomic mass is 10.2. The van der Waals surface area contributed by atoms with E-state index in [1.54, 1.807) is 18.2 Å². The fraction of sp³-hybridized carbons (Fsp3) is 0.333. The fourth-order valence-electron chi connectivity index (χ4n) is 2.41. The zero-order valence-corrected chi connectivity index (χ0v) is 15.8. The van der Waals surface area contributed by atoms with Gasteiger partial charge >= 0.3 is 6.03 Å². The molecule has 27 heavy (non-hydrogen) atoms. The number of hydrogen-bond acceptors (Lipinski definition) is 6. The molecule has 3 N–H and O–H groups in total. The summed E-state index contributed by atoms with van der Waals surface area (Å²) >= 11 is 0. The van der Waals surface area contributed by atoms with Crippen LogP contribution in [0, 0.1) is 13.8 Å². The first-order valence-electron chi connectivity index (χ1n) is 8.24. The number of methoxy groups -OCH3 is 2. The maximum atomic E-state index is 12.1. The normalized spacial score (nSPS) is 10.2. The van der Waals surface area contributed by atoms with Crippen LogP contribution in [0.2, 0.25) is 0 Å². The number of carbonyl (C=O) groups is 2. The molecule has 0 fully saturated rings. The predicted molar refractivity (Wildman–Crippen MR) is 101 cm³/mol. The molecule has 144 valence electrons. The summed E-state index contributed by atoms with van der Waals surface area (Å²) in [5, 5.41) is 8.06. The summed E-state index contributed by atoms with van der Waals surface area (Å²) in [5.41, 5.74) is 2.59. The Balaban J connectivity index is 2.00. The molecule has 0 unspecified atom stereocenters. The number of rotatable bonds is 7. The van der Waals surface area contributed by atoms with Gasteiger partial charge in [-0.25, -0.2) is 14.8 Å². The number of aromatic nitrogens is 2. The first kappa shape index (κ1) is 20.1. The summed E-state index contributed by atoms with van der Waals surface area (Å²) in [5.74, 6) is 0.670. The standard InChI is InChI=1S/C18H23N5O4/c1-11-7-12(2)21-16(20-11)9-19-18(25)22-13-5-6-15(27-4)14(8-13)23-17(24)10-26-3/h5-8H,9-10H2,1-4H3,(H,23,24)(H2,19,22,25). The molecule has 0 saturated heterocycles. The van der Waals surface area contributed by atoms with Gasteiger partial charge in [-0.15, -0.1) is 0 Å². The van der Waals surface area contributed by atoms with E-state index in [9.17, 15) is 9.59 Å². The Morgan fingerprint density at radius 3 is 2.37 bits per heavy atom. The Morgan fingerprint density at radius 2 is 1.74 bits per heavy atom. The van der Waals surface area contributed by atoms with Crippen molar-refractivity contribution in [2.24, 2.45) is 0 Å². The molecule has 0 atom stereocenters. The molecule has 0 aliphatic heterocycles. The first-order chi connectivity index (χ1) is 12.9. The molecular formula is C18H23N5O4. The lowest BCUT2D eigenvalue weighted by Gasteiger charge is -2.13. The smallest absolute Gasteiger partial charge is 0.319 e. The van der Waals surface area contributed by atoms with Gasteiger partial charge in [0.1, 0.15) is 18.2 Å². The van der Waals surface area contributed by atoms with Crippen molar-refractivity contribution in [3.8, 4) is 5.75 Å². The van der Waals surface area contributed by atoms with E-state index in [-0.39, 0.29) is 19.1 Å². The molecule has 0 radical (unpaired) electrons. The van der Waals surface area contributed by atoms with E-state index in [1.165, 1.54) is 14.2 Å². The molecule has 9 heteroatoms. The van der Waals surface area contributed by atoms with Crippen molar-refractivity contribution < 1.29 is 19.1 Å². The van der Waals surface area contributed by atoms with Crippen LogP contribution in [0.25, 0.3) is 0 Å². The van der Waals surface area contributed by atoms with Crippen molar-refractivity contribution in [2.75, 3.05) is 31.5 Å². The van der Waals surface area contributed by atoms with E-state index in [0.717, 1.165) is 11.4 Å². The van der Waals surface area contributed by atoms with Crippen molar-refractivity contribution in [1.29, 1.82) is 0 Å². The molecule has 9 nitrogen and oxygen atoms in total. The summed E-state index contributed by atoms with van der Waals surface area (Å²) in [6.07, 6.45) is 0. The summed E-state index contributed by atoms with van der Waals surface area (Å²) in [6.45, 7) is 3.85. The molecule has 2 aromatic rings. The van der Waals surface area contributed by atoms with Crippen molar-refractivity contribution in [3.05, 3.63) is 41.5 Å². The number of benzene rings is 1. The van der Waals surface area contributed by atoms with E-state index in [0.29, 0.717) is 22.9 Å². The van der Waals surface area contributed by atoms with Crippen LogP contribution in [0.1, 0.15) is 17.2 Å². The minimum atomic E-state index is -0.419. The van der Waals surface area contributed by atoms with Crippen LogP contribution < -0.4 is 20.7 Å². The Kier molecular flexibility index (Phi) is 7.07. The maximum Gasteiger partial charge on any atom is 0.319 e. The fourth-order valence-corrected chi connectivity index (χ4v) is 2.41. The van der Waals surface area contributed by atoms with Gasteiger partial charge in [0.2, 0.25) is 5.91 Å². The molecule has 0 spiro atoms. The Bertz CT molecular complexity index is 805. The number of carbonyl (C=O) groups excluding carboxylic acids is 2. The van der Waals surface area contributed by atoms with E-state index in [2.05, 4.69) is 25.9 Å². The van der Waals surface area contributed by atoms with Crippen LogP contribution >= 0.6 is 0 Å². The third-order valence-corrected chi connectivity index (χ3v) is 3.44. The van der Waals surface area contributed by atoms with Crippen molar-refractivity contribution in [3.63, 3.8) is 0 Å². The third-order valence-electron chi connectivity index (χ3n) is 3.44. The number of nitrogens with zero attached hydrogens (tertiary/aromatic N) is 2. The van der Waals surface area contributed by atoms with Crippen LogP contribution in [0.15, 0.2) is 24.3 Å². The van der Waals surface area contributed by atoms with E-state index in [1.807, 2.05) is 19.9 Å². The van der Waals surface area contributed by atoms with Gasteiger partial charge < -0.3 is 25.4 Å². The molecule has 0 saturated carbocycles. The molecule has 3 amide bonds. The molecule has 0 aliphatic rings. The monoisotopic (exact) mass is 373 g/mol. The number of ether oxygens (including phenoxy) is 2. The lowest BCUT2D eigenvalue weighted by molar-refractivity contribution is -0.119. The van der Waals surface area contributed by atoms with E-state index < -0.39 is 6.03 Å². The average Bonchev–Trinajstić information content (AvgIpc) is 2.60. The third kappa shape index (κ3) is 6.23. The van der Waals surface area contributed by atoms with Crippen LogP contribution in [-0.4, -0.2) is 42.7 Å². The molecule has 1 aromatic carbocycles. The van der Waals surface area contributed by atoms with Gasteiger partial charge in [-0.1, -0.05) is 0 Å². The van der Waals surface area contributed by atoms with Crippen LogP contribution in [0.3, 0.4) is 0 Å². The minimum Gasteiger partial charge on any atom is -0.495 e. The number of urea groups is 1. The van der Waals surface area contributed by atoms with E-state index in [4.69, 9.17) is 9.47 Å². The molecule has 1 aromatic heterocycles. The molecule has 0 bridgehead atoms. The highest BCUT2D eigenvalue weighted by Crippen LogP contribution is 2.27. The van der Waals surface area contributed by atoms with Crippen molar-refractivity contribution in [1.82, 2.24) is 15.3 Å². The SMILES string of the molecule is COCC(=O)Nc1cc(NC(=O)NCc2nc(C)cc(C)n2)ccc1OC. The van der Waals surface area contributed by atoms with Crippen molar-refractivity contribution in [2.45, 2.75) is 20.4 Å². The highest BCUT2D eigenvalue weighted by Gasteiger charge is 2.10. The van der Waals surface area contributed by atoms with Crippen LogP contribution in [0.5, 0.6) is 5.75 Å². The van der Waals surface area contributed by atoms with Gasteiger partial charge in [-0.3, -0.25) is 4.79 Å². The zero-order valence-electron chi connectivity index (χ0n) is 15.8. The number of hydrogen-bond donors (Lipinski definition) is 3. The van der Waals surface area contributed by atoms with Crippen LogP contribution in [0.4, 0.5) is 16.2 Å². The summed E-state index contributed by atoms with van der Waals surface area (Å²) in [6, 6.07) is 6.35. The molecule has 1 heterocycles. The molecule has 2 rings (SSSR count). The Labute approximate surface area is 157 Å². The average molecular weight is 373 g/mol. The van der Waals surface area contributed by atoms with Gasteiger partial charge in [0.15, 0.2) is 0 Å². The second-order valence-electron chi connectivity index (χ2n) is 5.77. The first-order valence-corrected chi connectivity index (χ1v) is 8.24. The lowest BCUT2D eigenvalue weighted by Crippen LogP contribution is -2.29. The van der Waals surface area contributed by atoms with Crippen LogP contribution in [-0.2, 0) is 16.1 Å². The van der Waals surface area contributed by atoms with Gasteiger partial charge in [-0.05, 0) is 38.1 Å².